The van der Waals surface area contributed by atoms with Gasteiger partial charge in [-0.05, 0) is 18.9 Å². The number of carboxylic acid groups (broad SMARTS) is 1. The van der Waals surface area contributed by atoms with E-state index >= 15 is 0 Å². The predicted molar refractivity (Wildman–Crippen MR) is 113 cm³/mol. The lowest BCUT2D eigenvalue weighted by Crippen LogP contribution is -2.63. The van der Waals surface area contributed by atoms with E-state index in [4.69, 9.17) is 16.6 Å². The summed E-state index contributed by atoms with van der Waals surface area (Å²) in [4.78, 5) is 31.0. The summed E-state index contributed by atoms with van der Waals surface area (Å²) >= 11 is 8.74. The highest BCUT2D eigenvalue weighted by Crippen LogP contribution is 2.52. The fourth-order valence-corrected chi connectivity index (χ4v) is 6.62. The number of aliphatic hydroxyl groups excluding tert-OH is 1. The Morgan fingerprint density at radius 1 is 1.55 bits per heavy atom. The highest BCUT2D eigenvalue weighted by molar-refractivity contribution is 8.04. The molecule has 1 amide bonds. The first kappa shape index (κ1) is 20.9. The van der Waals surface area contributed by atoms with Crippen molar-refractivity contribution in [2.24, 2.45) is 11.8 Å². The SMILES string of the molecule is C[C@@H](O)[C@H]1C(=O)N2C(C(=O)O)=C(Sc3nc(C4=CCN[C@H](CCl)C4)cs3)[C@H](C)[C@H]12. The summed E-state index contributed by atoms with van der Waals surface area (Å²) in [5, 5.41) is 25.0. The molecule has 1 fully saturated rings. The van der Waals surface area contributed by atoms with E-state index in [0.29, 0.717) is 10.8 Å². The second-order valence-corrected chi connectivity index (χ2v) is 10.0. The minimum atomic E-state index is -1.12. The van der Waals surface area contributed by atoms with Gasteiger partial charge in [0.15, 0.2) is 4.34 Å². The van der Waals surface area contributed by atoms with Crippen LogP contribution in [-0.2, 0) is 9.59 Å². The van der Waals surface area contributed by atoms with Gasteiger partial charge in [-0.3, -0.25) is 4.79 Å². The lowest BCUT2D eigenvalue weighted by atomic mass is 9.79. The summed E-state index contributed by atoms with van der Waals surface area (Å²) in [5.41, 5.74) is 2.05. The van der Waals surface area contributed by atoms with E-state index < -0.39 is 18.0 Å². The van der Waals surface area contributed by atoms with Gasteiger partial charge in [-0.1, -0.05) is 24.8 Å². The van der Waals surface area contributed by atoms with Gasteiger partial charge in [0.2, 0.25) is 5.91 Å². The first-order valence-electron chi connectivity index (χ1n) is 9.44. The number of thioether (sulfide) groups is 1. The molecule has 7 nitrogen and oxygen atoms in total. The number of aromatic nitrogens is 1. The van der Waals surface area contributed by atoms with E-state index in [1.54, 1.807) is 6.92 Å². The van der Waals surface area contributed by atoms with Gasteiger partial charge in [0, 0.05) is 34.7 Å². The number of hydrogen-bond acceptors (Lipinski definition) is 7. The number of halogens is 1. The molecule has 3 N–H and O–H groups in total. The summed E-state index contributed by atoms with van der Waals surface area (Å²) in [6.07, 6.45) is 2.10. The van der Waals surface area contributed by atoms with Crippen LogP contribution < -0.4 is 5.32 Å². The van der Waals surface area contributed by atoms with Gasteiger partial charge in [-0.15, -0.1) is 22.9 Å². The van der Waals surface area contributed by atoms with E-state index in [9.17, 15) is 19.8 Å². The zero-order chi connectivity index (χ0) is 20.9. The number of carbonyl (C=O) groups excluding carboxylic acids is 1. The Kier molecular flexibility index (Phi) is 5.78. The number of β-lactam (4-membered cyclic amide) rings is 1. The maximum absolute atomic E-state index is 12.4. The Hall–Kier alpha value is -1.39. The van der Waals surface area contributed by atoms with E-state index in [0.717, 1.165) is 28.6 Å². The number of fused-ring (bicyclic) bond motifs is 1. The zero-order valence-electron chi connectivity index (χ0n) is 16.0. The quantitative estimate of drug-likeness (QED) is 0.447. The summed E-state index contributed by atoms with van der Waals surface area (Å²) < 4.78 is 0.742. The highest BCUT2D eigenvalue weighted by Gasteiger charge is 2.60. The van der Waals surface area contributed by atoms with Gasteiger partial charge < -0.3 is 20.4 Å². The maximum atomic E-state index is 12.4. The average molecular weight is 456 g/mol. The van der Waals surface area contributed by atoms with E-state index in [2.05, 4.69) is 11.4 Å². The molecule has 0 radical (unpaired) electrons. The van der Waals surface area contributed by atoms with Crippen LogP contribution in [0.2, 0.25) is 0 Å². The molecule has 0 spiro atoms. The minimum absolute atomic E-state index is 0.0226. The van der Waals surface area contributed by atoms with Crippen LogP contribution in [0, 0.1) is 11.8 Å². The normalized spacial score (nSPS) is 30.1. The number of nitrogens with one attached hydrogen (secondary N) is 1. The standard InChI is InChI=1S/C19H22ClN3O4S2/c1-8-14-13(9(2)24)17(25)23(14)15(18(26)27)16(8)29-19-22-12(7-28-19)10-3-4-21-11(5-10)6-20/h3,7-9,11,13-14,21,24H,4-6H2,1-2H3,(H,26,27)/t8-,9-,11+,13-,14-/m1/s1. The van der Waals surface area contributed by atoms with Gasteiger partial charge in [0.25, 0.3) is 0 Å². The molecule has 0 unspecified atom stereocenters. The number of carbonyl (C=O) groups is 2. The Bertz CT molecular complexity index is 913. The van der Waals surface area contributed by atoms with Gasteiger partial charge in [0.1, 0.15) is 5.70 Å². The molecule has 1 aromatic rings. The lowest BCUT2D eigenvalue weighted by Gasteiger charge is -2.46. The van der Waals surface area contributed by atoms with Crippen LogP contribution in [0.4, 0.5) is 0 Å². The van der Waals surface area contributed by atoms with Crippen LogP contribution in [0.25, 0.3) is 5.57 Å². The minimum Gasteiger partial charge on any atom is -0.477 e. The molecular formula is C19H22ClN3O4S2. The zero-order valence-corrected chi connectivity index (χ0v) is 18.4. The largest absolute Gasteiger partial charge is 0.477 e. The molecule has 3 aliphatic heterocycles. The van der Waals surface area contributed by atoms with Crippen molar-refractivity contribution in [3.63, 3.8) is 0 Å². The predicted octanol–water partition coefficient (Wildman–Crippen LogP) is 2.37. The topological polar surface area (TPSA) is 103 Å². The van der Waals surface area contributed by atoms with Crippen LogP contribution in [0.5, 0.6) is 0 Å². The number of amides is 1. The van der Waals surface area contributed by atoms with Crippen molar-refractivity contribution < 1.29 is 19.8 Å². The second kappa shape index (κ2) is 8.03. The number of hydrogen-bond donors (Lipinski definition) is 3. The molecule has 4 heterocycles. The second-order valence-electron chi connectivity index (χ2n) is 7.57. The van der Waals surface area contributed by atoms with Crippen molar-refractivity contribution in [3.05, 3.63) is 27.8 Å². The number of aliphatic hydroxyl groups is 1. The van der Waals surface area contributed by atoms with Crippen molar-refractivity contribution in [2.45, 2.75) is 42.8 Å². The molecule has 1 saturated heterocycles. The lowest BCUT2D eigenvalue weighted by molar-refractivity contribution is -0.163. The molecule has 0 aromatic carbocycles. The molecule has 29 heavy (non-hydrogen) atoms. The van der Waals surface area contributed by atoms with Crippen LogP contribution in [0.1, 0.15) is 26.0 Å². The smallest absolute Gasteiger partial charge is 0.353 e. The summed E-state index contributed by atoms with van der Waals surface area (Å²) in [7, 11) is 0. The fourth-order valence-electron chi connectivity index (χ4n) is 4.29. The Morgan fingerprint density at radius 3 is 2.97 bits per heavy atom. The molecule has 3 aliphatic rings. The van der Waals surface area contributed by atoms with Crippen molar-refractivity contribution in [1.82, 2.24) is 15.2 Å². The monoisotopic (exact) mass is 455 g/mol. The number of carboxylic acids is 1. The number of alkyl halides is 1. The Balaban J connectivity index is 1.58. The van der Waals surface area contributed by atoms with Crippen molar-refractivity contribution >= 4 is 52.1 Å². The summed E-state index contributed by atoms with van der Waals surface area (Å²) in [6, 6.07) is -0.0929. The number of nitrogens with zero attached hydrogens (tertiary/aromatic N) is 2. The maximum Gasteiger partial charge on any atom is 0.353 e. The molecule has 156 valence electrons. The Morgan fingerprint density at radius 2 is 2.31 bits per heavy atom. The number of thiazole rings is 1. The fraction of sp³-hybridized carbons (Fsp3) is 0.526. The highest BCUT2D eigenvalue weighted by atomic mass is 35.5. The first-order chi connectivity index (χ1) is 13.8. The number of rotatable bonds is 6. The van der Waals surface area contributed by atoms with Crippen LogP contribution >= 0.6 is 34.7 Å². The van der Waals surface area contributed by atoms with Gasteiger partial charge >= 0.3 is 5.97 Å². The first-order valence-corrected chi connectivity index (χ1v) is 11.7. The number of aliphatic carboxylic acids is 1. The van der Waals surface area contributed by atoms with Crippen molar-refractivity contribution in [3.8, 4) is 0 Å². The molecule has 1 aromatic heterocycles. The molecule has 0 bridgehead atoms. The van der Waals surface area contributed by atoms with E-state index in [1.165, 1.54) is 28.0 Å². The molecule has 4 rings (SSSR count). The van der Waals surface area contributed by atoms with Gasteiger partial charge in [0.05, 0.1) is 23.8 Å². The summed E-state index contributed by atoms with van der Waals surface area (Å²) in [5.74, 6) is -1.64. The van der Waals surface area contributed by atoms with Crippen molar-refractivity contribution in [1.29, 1.82) is 0 Å². The summed E-state index contributed by atoms with van der Waals surface area (Å²) in [6.45, 7) is 4.23. The van der Waals surface area contributed by atoms with E-state index in [-0.39, 0.29) is 29.6 Å². The third kappa shape index (κ3) is 3.53. The van der Waals surface area contributed by atoms with Gasteiger partial charge in [-0.2, -0.15) is 0 Å². The van der Waals surface area contributed by atoms with Crippen LogP contribution in [0.3, 0.4) is 0 Å². The third-order valence-corrected chi connectivity index (χ3v) is 8.32. The van der Waals surface area contributed by atoms with Gasteiger partial charge in [-0.25, -0.2) is 9.78 Å². The Labute approximate surface area is 181 Å². The molecule has 10 heteroatoms. The third-order valence-electron chi connectivity index (χ3n) is 5.73. The molecule has 0 saturated carbocycles. The van der Waals surface area contributed by atoms with E-state index in [1.807, 2.05) is 12.3 Å². The molecule has 0 aliphatic carbocycles. The van der Waals surface area contributed by atoms with Crippen LogP contribution in [0.15, 0.2) is 26.4 Å². The molecular weight excluding hydrogens is 434 g/mol. The van der Waals surface area contributed by atoms with Crippen LogP contribution in [-0.4, -0.2) is 62.6 Å². The van der Waals surface area contributed by atoms with Crippen molar-refractivity contribution in [2.75, 3.05) is 12.4 Å². The average Bonchev–Trinajstić information content (AvgIpc) is 3.24. The molecule has 5 atom stereocenters.